The molecule has 2 aliphatic rings. The van der Waals surface area contributed by atoms with Crippen LogP contribution in [0.25, 0.3) is 22.6 Å². The third kappa shape index (κ3) is 3.75. The Morgan fingerprint density at radius 1 is 1.13 bits per heavy atom. The van der Waals surface area contributed by atoms with Crippen molar-refractivity contribution in [3.05, 3.63) is 75.6 Å². The van der Waals surface area contributed by atoms with Crippen LogP contribution in [0.15, 0.2) is 57.7 Å². The molecule has 0 spiro atoms. The van der Waals surface area contributed by atoms with Gasteiger partial charge in [0.05, 0.1) is 24.2 Å². The van der Waals surface area contributed by atoms with E-state index in [4.69, 9.17) is 13.9 Å². The van der Waals surface area contributed by atoms with Crippen LogP contribution in [-0.2, 0) is 14.3 Å². The Kier molecular flexibility index (Phi) is 5.08. The summed E-state index contributed by atoms with van der Waals surface area (Å²) in [6.07, 6.45) is 1.76. The van der Waals surface area contributed by atoms with Gasteiger partial charge in [-0.1, -0.05) is 30.3 Å². The fourth-order valence-electron chi connectivity index (χ4n) is 4.32. The van der Waals surface area contributed by atoms with E-state index in [0.717, 1.165) is 29.9 Å². The summed E-state index contributed by atoms with van der Waals surface area (Å²) in [6.45, 7) is 4.32. The highest BCUT2D eigenvalue weighted by atomic mass is 16.5. The Hall–Kier alpha value is -3.38. The quantitative estimate of drug-likeness (QED) is 0.596. The molecule has 0 radical (unpaired) electrons. The van der Waals surface area contributed by atoms with E-state index in [-0.39, 0.29) is 5.43 Å². The summed E-state index contributed by atoms with van der Waals surface area (Å²) in [5, 5.41) is 0.494. The molecule has 2 aromatic carbocycles. The number of rotatable bonds is 3. The third-order valence-electron chi connectivity index (χ3n) is 5.75. The van der Waals surface area contributed by atoms with Crippen molar-refractivity contribution >= 4 is 34.3 Å². The standard InChI is InChI=1S/C25H23NO5/c1-16(27)30-22-14-18(13-17-5-3-2-4-6-17)25-23(22)24(28)20-8-7-19(15-21(20)31-25)26-9-11-29-12-10-26/h2-8,13,15,22H,9-12,14H2,1H3. The summed E-state index contributed by atoms with van der Waals surface area (Å²) < 4.78 is 17.2. The van der Waals surface area contributed by atoms with E-state index in [2.05, 4.69) is 4.90 Å². The summed E-state index contributed by atoms with van der Waals surface area (Å²) in [5.74, 6) is 0.0887. The highest BCUT2D eigenvalue weighted by Gasteiger charge is 2.35. The van der Waals surface area contributed by atoms with Gasteiger partial charge in [0, 0.05) is 38.2 Å². The van der Waals surface area contributed by atoms with Crippen molar-refractivity contribution in [2.75, 3.05) is 31.2 Å². The third-order valence-corrected chi connectivity index (χ3v) is 5.75. The van der Waals surface area contributed by atoms with E-state index in [9.17, 15) is 9.59 Å². The van der Waals surface area contributed by atoms with E-state index in [0.29, 0.717) is 41.9 Å². The fourth-order valence-corrected chi connectivity index (χ4v) is 4.32. The number of hydrogen-bond donors (Lipinski definition) is 0. The minimum atomic E-state index is -0.637. The molecular weight excluding hydrogens is 394 g/mol. The molecule has 1 fully saturated rings. The second-order valence-corrected chi connectivity index (χ2v) is 7.84. The van der Waals surface area contributed by atoms with Gasteiger partial charge in [0.1, 0.15) is 17.4 Å². The molecule has 1 atom stereocenters. The molecule has 1 aromatic heterocycles. The van der Waals surface area contributed by atoms with E-state index in [1.54, 1.807) is 6.07 Å². The Morgan fingerprint density at radius 2 is 1.90 bits per heavy atom. The first-order valence-corrected chi connectivity index (χ1v) is 10.5. The number of anilines is 1. The number of morpholine rings is 1. The molecule has 0 amide bonds. The first kappa shape index (κ1) is 19.6. The van der Waals surface area contributed by atoms with Crippen LogP contribution < -0.4 is 10.3 Å². The number of benzene rings is 2. The van der Waals surface area contributed by atoms with Crippen molar-refractivity contribution in [3.63, 3.8) is 0 Å². The van der Waals surface area contributed by atoms with Gasteiger partial charge in [-0.3, -0.25) is 9.59 Å². The molecule has 0 bridgehead atoms. The van der Waals surface area contributed by atoms with E-state index in [1.165, 1.54) is 6.92 Å². The summed E-state index contributed by atoms with van der Waals surface area (Å²) in [6, 6.07) is 15.5. The van der Waals surface area contributed by atoms with Gasteiger partial charge in [0.15, 0.2) is 5.43 Å². The summed E-state index contributed by atoms with van der Waals surface area (Å²) in [4.78, 5) is 27.3. The minimum Gasteiger partial charge on any atom is -0.457 e. The van der Waals surface area contributed by atoms with Gasteiger partial charge in [0.2, 0.25) is 0 Å². The molecule has 158 valence electrons. The van der Waals surface area contributed by atoms with Crippen LogP contribution in [0.5, 0.6) is 0 Å². The summed E-state index contributed by atoms with van der Waals surface area (Å²) >= 11 is 0. The van der Waals surface area contributed by atoms with Crippen molar-refractivity contribution in [2.45, 2.75) is 19.4 Å². The van der Waals surface area contributed by atoms with Crippen LogP contribution >= 0.6 is 0 Å². The molecule has 5 rings (SSSR count). The number of carbonyl (C=O) groups excluding carboxylic acids is 1. The highest BCUT2D eigenvalue weighted by molar-refractivity contribution is 5.89. The second kappa shape index (κ2) is 8.04. The Balaban J connectivity index is 1.65. The average molecular weight is 417 g/mol. The molecule has 31 heavy (non-hydrogen) atoms. The van der Waals surface area contributed by atoms with Gasteiger partial charge in [-0.05, 0) is 29.3 Å². The van der Waals surface area contributed by atoms with Crippen molar-refractivity contribution in [3.8, 4) is 0 Å². The number of nitrogens with zero attached hydrogens (tertiary/aromatic N) is 1. The number of hydrogen-bond acceptors (Lipinski definition) is 6. The van der Waals surface area contributed by atoms with Gasteiger partial charge in [-0.25, -0.2) is 0 Å². The first-order valence-electron chi connectivity index (χ1n) is 10.5. The van der Waals surface area contributed by atoms with Gasteiger partial charge < -0.3 is 18.8 Å². The minimum absolute atomic E-state index is 0.146. The van der Waals surface area contributed by atoms with Crippen molar-refractivity contribution in [1.82, 2.24) is 0 Å². The molecule has 1 aliphatic carbocycles. The van der Waals surface area contributed by atoms with E-state index >= 15 is 0 Å². The monoisotopic (exact) mass is 417 g/mol. The zero-order valence-electron chi connectivity index (χ0n) is 17.3. The zero-order chi connectivity index (χ0) is 21.4. The van der Waals surface area contributed by atoms with Crippen molar-refractivity contribution in [2.24, 2.45) is 0 Å². The molecule has 3 aromatic rings. The normalized spacial score (nSPS) is 19.6. The lowest BCUT2D eigenvalue weighted by Crippen LogP contribution is -2.36. The van der Waals surface area contributed by atoms with Gasteiger partial charge in [-0.2, -0.15) is 0 Å². The number of fused-ring (bicyclic) bond motifs is 2. The molecule has 1 aliphatic heterocycles. The largest absolute Gasteiger partial charge is 0.457 e. The maximum absolute atomic E-state index is 13.4. The first-order chi connectivity index (χ1) is 15.1. The molecule has 1 unspecified atom stereocenters. The Labute approximate surface area is 179 Å². The van der Waals surface area contributed by atoms with Gasteiger partial charge >= 0.3 is 5.97 Å². The SMILES string of the molecule is CC(=O)OC1CC(=Cc2ccccc2)c2oc3cc(N4CCOCC4)ccc3c(=O)c21. The van der Waals surface area contributed by atoms with Crippen LogP contribution in [0.4, 0.5) is 5.69 Å². The molecule has 1 saturated heterocycles. The van der Waals surface area contributed by atoms with Gasteiger partial charge in [-0.15, -0.1) is 0 Å². The Morgan fingerprint density at radius 3 is 2.65 bits per heavy atom. The number of esters is 1. The van der Waals surface area contributed by atoms with Crippen molar-refractivity contribution in [1.29, 1.82) is 0 Å². The molecule has 2 heterocycles. The Bertz CT molecular complexity index is 1220. The number of ether oxygens (including phenoxy) is 2. The van der Waals surface area contributed by atoms with E-state index < -0.39 is 12.1 Å². The summed E-state index contributed by atoms with van der Waals surface area (Å²) in [5.41, 5.74) is 3.66. The van der Waals surface area contributed by atoms with Crippen LogP contribution in [0, 0.1) is 0 Å². The lowest BCUT2D eigenvalue weighted by molar-refractivity contribution is -0.146. The van der Waals surface area contributed by atoms with Crippen LogP contribution in [0.1, 0.15) is 36.3 Å². The molecule has 6 heteroatoms. The molecule has 0 N–H and O–H groups in total. The van der Waals surface area contributed by atoms with Crippen LogP contribution in [0.2, 0.25) is 0 Å². The average Bonchev–Trinajstić information content (AvgIpc) is 3.11. The maximum atomic E-state index is 13.4. The van der Waals surface area contributed by atoms with Crippen LogP contribution in [0.3, 0.4) is 0 Å². The highest BCUT2D eigenvalue weighted by Crippen LogP contribution is 2.42. The lowest BCUT2D eigenvalue weighted by Gasteiger charge is -2.28. The lowest BCUT2D eigenvalue weighted by atomic mass is 10.1. The number of carbonyl (C=O) groups is 1. The summed E-state index contributed by atoms with van der Waals surface area (Å²) in [7, 11) is 0. The molecule has 6 nitrogen and oxygen atoms in total. The topological polar surface area (TPSA) is 69.0 Å². The molecular formula is C25H23NO5. The predicted octanol–water partition coefficient (Wildman–Crippen LogP) is 4.18. The second-order valence-electron chi connectivity index (χ2n) is 7.84. The van der Waals surface area contributed by atoms with E-state index in [1.807, 2.05) is 48.5 Å². The zero-order valence-corrected chi connectivity index (χ0v) is 17.3. The van der Waals surface area contributed by atoms with Crippen molar-refractivity contribution < 1.29 is 18.7 Å². The maximum Gasteiger partial charge on any atom is 0.303 e. The smallest absolute Gasteiger partial charge is 0.303 e. The van der Waals surface area contributed by atoms with Crippen LogP contribution in [-0.4, -0.2) is 32.3 Å². The fraction of sp³-hybridized carbons (Fsp3) is 0.280. The van der Waals surface area contributed by atoms with Gasteiger partial charge in [0.25, 0.3) is 0 Å². The molecule has 0 saturated carbocycles. The predicted molar refractivity (Wildman–Crippen MR) is 119 cm³/mol.